The molecular weight excluding hydrogens is 166 g/mol. The van der Waals surface area contributed by atoms with E-state index >= 15 is 0 Å². The van der Waals surface area contributed by atoms with Gasteiger partial charge in [0.15, 0.2) is 0 Å². The fourth-order valence-electron chi connectivity index (χ4n) is 0.936. The van der Waals surface area contributed by atoms with Crippen LogP contribution in [0.5, 0.6) is 0 Å². The van der Waals surface area contributed by atoms with Gasteiger partial charge >= 0.3 is 0 Å². The minimum atomic E-state index is 0.423. The summed E-state index contributed by atoms with van der Waals surface area (Å²) in [4.78, 5) is 7.97. The van der Waals surface area contributed by atoms with Crippen LogP contribution in [0.3, 0.4) is 0 Å². The molecule has 13 heavy (non-hydrogen) atoms. The largest absolute Gasteiger partial charge is 0.334 e. The zero-order valence-corrected chi connectivity index (χ0v) is 6.84. The highest BCUT2D eigenvalue weighted by Crippen LogP contribution is 2.13. The van der Waals surface area contributed by atoms with Gasteiger partial charge < -0.3 is 4.52 Å². The summed E-state index contributed by atoms with van der Waals surface area (Å²) in [7, 11) is 0. The fraction of sp³-hybridized carbons (Fsp3) is 0. The molecule has 0 amide bonds. The Morgan fingerprint density at radius 2 is 2.08 bits per heavy atom. The van der Waals surface area contributed by atoms with E-state index in [2.05, 4.69) is 21.7 Å². The third kappa shape index (κ3) is 1.46. The van der Waals surface area contributed by atoms with E-state index < -0.39 is 0 Å². The van der Waals surface area contributed by atoms with Gasteiger partial charge in [-0.3, -0.25) is 4.98 Å². The Balaban J connectivity index is 2.41. The molecule has 0 fully saturated rings. The zero-order valence-electron chi connectivity index (χ0n) is 6.84. The summed E-state index contributed by atoms with van der Waals surface area (Å²) < 4.78 is 4.87. The molecule has 0 aromatic carbocycles. The summed E-state index contributed by atoms with van der Waals surface area (Å²) in [6, 6.07) is 3.63. The highest BCUT2D eigenvalue weighted by molar-refractivity contribution is 5.54. The van der Waals surface area contributed by atoms with Crippen molar-refractivity contribution >= 4 is 6.08 Å². The molecule has 2 aromatic rings. The van der Waals surface area contributed by atoms with E-state index in [1.165, 1.54) is 6.08 Å². The third-order valence-electron chi connectivity index (χ3n) is 1.55. The highest BCUT2D eigenvalue weighted by Gasteiger charge is 2.04. The molecule has 2 rings (SSSR count). The van der Waals surface area contributed by atoms with Crippen molar-refractivity contribution in [2.24, 2.45) is 0 Å². The minimum Gasteiger partial charge on any atom is -0.334 e. The van der Waals surface area contributed by atoms with E-state index in [-0.39, 0.29) is 0 Å². The monoisotopic (exact) mass is 173 g/mol. The van der Waals surface area contributed by atoms with Crippen LogP contribution < -0.4 is 0 Å². The van der Waals surface area contributed by atoms with Crippen LogP contribution in [0.1, 0.15) is 5.89 Å². The summed E-state index contributed by atoms with van der Waals surface area (Å²) >= 11 is 0. The first-order valence-corrected chi connectivity index (χ1v) is 3.76. The molecule has 0 aliphatic carbocycles. The average molecular weight is 173 g/mol. The molecule has 0 spiro atoms. The second-order valence-corrected chi connectivity index (χ2v) is 2.40. The standard InChI is InChI=1S/C9H7N3O/c1-2-8-11-9(12-13-8)7-3-5-10-6-4-7/h2-6H,1H2. The normalized spacial score (nSPS) is 9.85. The molecule has 64 valence electrons. The van der Waals surface area contributed by atoms with E-state index in [0.29, 0.717) is 11.7 Å². The maximum Gasteiger partial charge on any atom is 0.250 e. The van der Waals surface area contributed by atoms with Crippen molar-refractivity contribution in [2.45, 2.75) is 0 Å². The molecule has 4 nitrogen and oxygen atoms in total. The number of rotatable bonds is 2. The first kappa shape index (κ1) is 7.67. The van der Waals surface area contributed by atoms with Crippen LogP contribution in [0.2, 0.25) is 0 Å². The second kappa shape index (κ2) is 3.18. The molecular formula is C9H7N3O. The van der Waals surface area contributed by atoms with Crippen LogP contribution in [0, 0.1) is 0 Å². The Morgan fingerprint density at radius 3 is 2.69 bits per heavy atom. The lowest BCUT2D eigenvalue weighted by atomic mass is 10.2. The summed E-state index contributed by atoms with van der Waals surface area (Å²) in [6.07, 6.45) is 4.87. The summed E-state index contributed by atoms with van der Waals surface area (Å²) in [5, 5.41) is 3.77. The molecule has 2 heterocycles. The van der Waals surface area contributed by atoms with Gasteiger partial charge in [-0.1, -0.05) is 11.7 Å². The van der Waals surface area contributed by atoms with Gasteiger partial charge in [-0.15, -0.1) is 0 Å². The lowest BCUT2D eigenvalue weighted by Gasteiger charge is -1.89. The van der Waals surface area contributed by atoms with Gasteiger partial charge in [0.25, 0.3) is 0 Å². The Labute approximate surface area is 74.9 Å². The first-order chi connectivity index (χ1) is 6.40. The molecule has 0 aliphatic rings. The van der Waals surface area contributed by atoms with Crippen LogP contribution >= 0.6 is 0 Å². The summed E-state index contributed by atoms with van der Waals surface area (Å²) in [5.41, 5.74) is 0.881. The molecule has 4 heteroatoms. The number of aromatic nitrogens is 3. The molecule has 2 aromatic heterocycles. The smallest absolute Gasteiger partial charge is 0.250 e. The Hall–Kier alpha value is -1.97. The van der Waals surface area contributed by atoms with E-state index in [0.717, 1.165) is 5.56 Å². The predicted molar refractivity (Wildman–Crippen MR) is 47.6 cm³/mol. The van der Waals surface area contributed by atoms with E-state index in [4.69, 9.17) is 4.52 Å². The van der Waals surface area contributed by atoms with Crippen molar-refractivity contribution in [1.82, 2.24) is 15.1 Å². The van der Waals surface area contributed by atoms with Crippen LogP contribution in [0.25, 0.3) is 17.5 Å². The zero-order chi connectivity index (χ0) is 9.10. The van der Waals surface area contributed by atoms with Gasteiger partial charge in [0, 0.05) is 18.0 Å². The minimum absolute atomic E-state index is 0.423. The van der Waals surface area contributed by atoms with Crippen molar-refractivity contribution in [3.05, 3.63) is 37.0 Å². The van der Waals surface area contributed by atoms with Gasteiger partial charge in [0.2, 0.25) is 11.7 Å². The number of hydrogen-bond acceptors (Lipinski definition) is 4. The first-order valence-electron chi connectivity index (χ1n) is 3.76. The van der Waals surface area contributed by atoms with Gasteiger partial charge in [-0.25, -0.2) is 0 Å². The van der Waals surface area contributed by atoms with Crippen LogP contribution in [-0.2, 0) is 0 Å². The molecule has 0 unspecified atom stereocenters. The molecule has 0 saturated heterocycles. The molecule has 0 radical (unpaired) electrons. The van der Waals surface area contributed by atoms with Crippen LogP contribution in [-0.4, -0.2) is 15.1 Å². The molecule has 0 atom stereocenters. The van der Waals surface area contributed by atoms with Gasteiger partial charge in [-0.2, -0.15) is 4.98 Å². The maximum atomic E-state index is 4.87. The van der Waals surface area contributed by atoms with E-state index in [1.54, 1.807) is 12.4 Å². The Kier molecular flexibility index (Phi) is 1.88. The van der Waals surface area contributed by atoms with Crippen molar-refractivity contribution in [1.29, 1.82) is 0 Å². The molecule has 0 saturated carbocycles. The highest BCUT2D eigenvalue weighted by atomic mass is 16.5. The predicted octanol–water partition coefficient (Wildman–Crippen LogP) is 1.77. The SMILES string of the molecule is C=Cc1nc(-c2ccncc2)no1. The number of nitrogens with zero attached hydrogens (tertiary/aromatic N) is 3. The van der Waals surface area contributed by atoms with Crippen molar-refractivity contribution in [2.75, 3.05) is 0 Å². The van der Waals surface area contributed by atoms with Gasteiger partial charge in [0.05, 0.1) is 0 Å². The van der Waals surface area contributed by atoms with Crippen molar-refractivity contribution in [3.63, 3.8) is 0 Å². The van der Waals surface area contributed by atoms with E-state index in [9.17, 15) is 0 Å². The van der Waals surface area contributed by atoms with Crippen LogP contribution in [0.15, 0.2) is 35.6 Å². The maximum absolute atomic E-state index is 4.87. The van der Waals surface area contributed by atoms with Crippen molar-refractivity contribution in [3.8, 4) is 11.4 Å². The molecule has 0 N–H and O–H groups in total. The Morgan fingerprint density at radius 1 is 1.31 bits per heavy atom. The molecule has 0 bridgehead atoms. The van der Waals surface area contributed by atoms with Gasteiger partial charge in [-0.05, 0) is 18.2 Å². The van der Waals surface area contributed by atoms with E-state index in [1.807, 2.05) is 12.1 Å². The fourth-order valence-corrected chi connectivity index (χ4v) is 0.936. The van der Waals surface area contributed by atoms with Crippen LogP contribution in [0.4, 0.5) is 0 Å². The lowest BCUT2D eigenvalue weighted by molar-refractivity contribution is 0.411. The van der Waals surface area contributed by atoms with Crippen molar-refractivity contribution < 1.29 is 4.52 Å². The quantitative estimate of drug-likeness (QED) is 0.694. The third-order valence-corrected chi connectivity index (χ3v) is 1.55. The van der Waals surface area contributed by atoms with Gasteiger partial charge in [0.1, 0.15) is 0 Å². The Bertz CT molecular complexity index is 408. The number of pyridine rings is 1. The average Bonchev–Trinajstić information content (AvgIpc) is 2.67. The summed E-state index contributed by atoms with van der Waals surface area (Å²) in [6.45, 7) is 3.53. The number of hydrogen-bond donors (Lipinski definition) is 0. The molecule has 0 aliphatic heterocycles. The second-order valence-electron chi connectivity index (χ2n) is 2.40. The topological polar surface area (TPSA) is 51.8 Å². The summed E-state index contributed by atoms with van der Waals surface area (Å²) in [5.74, 6) is 0.976. The lowest BCUT2D eigenvalue weighted by Crippen LogP contribution is -1.80.